The Morgan fingerprint density at radius 2 is 1.61 bits per heavy atom. The van der Waals surface area contributed by atoms with Gasteiger partial charge in [-0.15, -0.1) is 10.2 Å². The maximum atomic E-state index is 13.7. The van der Waals surface area contributed by atoms with E-state index in [4.69, 9.17) is 11.6 Å². The summed E-state index contributed by atoms with van der Waals surface area (Å²) < 4.78 is 15.7. The Labute approximate surface area is 238 Å². The van der Waals surface area contributed by atoms with Gasteiger partial charge in [0.2, 0.25) is 11.6 Å². The lowest BCUT2D eigenvalue weighted by molar-refractivity contribution is 0.474. The van der Waals surface area contributed by atoms with E-state index < -0.39 is 5.95 Å². The van der Waals surface area contributed by atoms with Crippen LogP contribution >= 0.6 is 0 Å². The summed E-state index contributed by atoms with van der Waals surface area (Å²) in [6, 6.07) is 26.9. The highest BCUT2D eigenvalue weighted by Crippen LogP contribution is 2.47. The molecule has 5 aromatic rings. The minimum Gasteiger partial charge on any atom is -0.380 e. The predicted octanol–water partition coefficient (Wildman–Crippen LogP) is 7.12. The molecule has 8 heteroatoms. The number of rotatable bonds is 6. The van der Waals surface area contributed by atoms with Gasteiger partial charge in [0, 0.05) is 48.9 Å². The quantitative estimate of drug-likeness (QED) is 0.130. The molecule has 1 saturated heterocycles. The molecule has 0 unspecified atom stereocenters. The van der Waals surface area contributed by atoms with Crippen molar-refractivity contribution in [2.45, 2.75) is 18.8 Å². The minimum atomic E-state index is -0.540. The number of halogens is 1. The van der Waals surface area contributed by atoms with Crippen LogP contribution in [0, 0.1) is 12.5 Å². The molecule has 0 aliphatic carbocycles. The van der Waals surface area contributed by atoms with Crippen molar-refractivity contribution < 1.29 is 4.39 Å². The first-order valence-corrected chi connectivity index (χ1v) is 13.6. The van der Waals surface area contributed by atoms with Crippen molar-refractivity contribution >= 4 is 22.8 Å². The Morgan fingerprint density at radius 1 is 0.927 bits per heavy atom. The Bertz CT molecular complexity index is 1670. The molecule has 0 radical (unpaired) electrons. The number of hydrogen-bond donors (Lipinski definition) is 0. The van der Waals surface area contributed by atoms with Gasteiger partial charge < -0.3 is 9.47 Å². The zero-order valence-electron chi connectivity index (χ0n) is 22.7. The van der Waals surface area contributed by atoms with E-state index in [1.807, 2.05) is 84.4 Å². The first-order valence-electron chi connectivity index (χ1n) is 13.6. The second kappa shape index (κ2) is 11.5. The third kappa shape index (κ3) is 5.35. The smallest absolute Gasteiger partial charge is 0.235 e. The Morgan fingerprint density at radius 3 is 2.17 bits per heavy atom. The monoisotopic (exact) mass is 541 g/mol. The van der Waals surface area contributed by atoms with Gasteiger partial charge in [0.05, 0.1) is 23.7 Å². The SMILES string of the molecule is [C-]#[N+]c1c(N=C(c2ccccc2)c2ccccc2)ccc(-c2ccc(F)nc2)c1N1CCC(c2nncn2C)CC1. The summed E-state index contributed by atoms with van der Waals surface area (Å²) in [6.45, 7) is 9.77. The molecular formula is C33H28FN7. The largest absolute Gasteiger partial charge is 0.380 e. The number of hydrogen-bond acceptors (Lipinski definition) is 5. The van der Waals surface area contributed by atoms with Crippen LogP contribution in [0.15, 0.2) is 102 Å². The van der Waals surface area contributed by atoms with Crippen LogP contribution in [-0.4, -0.2) is 38.5 Å². The third-order valence-electron chi connectivity index (χ3n) is 7.53. The second-order valence-corrected chi connectivity index (χ2v) is 10.1. The summed E-state index contributed by atoms with van der Waals surface area (Å²) in [7, 11) is 1.97. The number of aliphatic imine (C=N–C) groups is 1. The summed E-state index contributed by atoms with van der Waals surface area (Å²) in [4.78, 5) is 15.3. The van der Waals surface area contributed by atoms with Crippen LogP contribution in [0.3, 0.4) is 0 Å². The molecule has 0 bridgehead atoms. The Kier molecular flexibility index (Phi) is 7.33. The lowest BCUT2D eigenvalue weighted by atomic mass is 9.93. The number of anilines is 1. The summed E-state index contributed by atoms with van der Waals surface area (Å²) in [5.41, 5.74) is 6.16. The van der Waals surface area contributed by atoms with Gasteiger partial charge in [0.25, 0.3) is 0 Å². The second-order valence-electron chi connectivity index (χ2n) is 10.1. The highest BCUT2D eigenvalue weighted by Gasteiger charge is 2.28. The van der Waals surface area contributed by atoms with E-state index in [-0.39, 0.29) is 5.92 Å². The average molecular weight is 542 g/mol. The zero-order chi connectivity index (χ0) is 28.2. The molecule has 1 fully saturated rings. The molecule has 3 heterocycles. The fraction of sp³-hybridized carbons (Fsp3) is 0.182. The van der Waals surface area contributed by atoms with Crippen LogP contribution < -0.4 is 4.90 Å². The van der Waals surface area contributed by atoms with Crippen LogP contribution in [0.1, 0.15) is 35.7 Å². The summed E-state index contributed by atoms with van der Waals surface area (Å²) >= 11 is 0. The lowest BCUT2D eigenvalue weighted by Crippen LogP contribution is -2.34. The highest BCUT2D eigenvalue weighted by atomic mass is 19.1. The maximum absolute atomic E-state index is 13.7. The molecule has 0 amide bonds. The fourth-order valence-corrected chi connectivity index (χ4v) is 5.49. The molecule has 1 aliphatic heterocycles. The van der Waals surface area contributed by atoms with Gasteiger partial charge in [-0.25, -0.2) is 9.83 Å². The molecule has 0 atom stereocenters. The van der Waals surface area contributed by atoms with Crippen LogP contribution in [-0.2, 0) is 7.05 Å². The van der Waals surface area contributed by atoms with E-state index in [2.05, 4.69) is 24.9 Å². The van der Waals surface area contributed by atoms with Gasteiger partial charge in [-0.3, -0.25) is 4.99 Å². The molecule has 2 aromatic heterocycles. The molecule has 0 saturated carbocycles. The van der Waals surface area contributed by atoms with Crippen molar-refractivity contribution in [3.63, 3.8) is 0 Å². The molecule has 7 nitrogen and oxygen atoms in total. The minimum absolute atomic E-state index is 0.287. The van der Waals surface area contributed by atoms with Gasteiger partial charge in [-0.05, 0) is 36.6 Å². The topological polar surface area (TPSA) is 63.6 Å². The number of aromatic nitrogens is 4. The van der Waals surface area contributed by atoms with E-state index in [1.54, 1.807) is 12.4 Å². The number of aryl methyl sites for hydroxylation is 1. The van der Waals surface area contributed by atoms with Crippen molar-refractivity contribution in [3.8, 4) is 11.1 Å². The van der Waals surface area contributed by atoms with Crippen LogP contribution in [0.25, 0.3) is 16.0 Å². The van der Waals surface area contributed by atoms with Gasteiger partial charge in [0.15, 0.2) is 0 Å². The predicted molar refractivity (Wildman–Crippen MR) is 159 cm³/mol. The van der Waals surface area contributed by atoms with Crippen molar-refractivity contribution in [2.75, 3.05) is 18.0 Å². The van der Waals surface area contributed by atoms with Crippen LogP contribution in [0.2, 0.25) is 0 Å². The van der Waals surface area contributed by atoms with Crippen LogP contribution in [0.4, 0.5) is 21.5 Å². The Balaban J connectivity index is 1.48. The first-order chi connectivity index (χ1) is 20.1. The third-order valence-corrected chi connectivity index (χ3v) is 7.53. The number of piperidine rings is 1. The van der Waals surface area contributed by atoms with E-state index in [0.717, 1.165) is 65.4 Å². The number of nitrogens with zero attached hydrogens (tertiary/aromatic N) is 7. The van der Waals surface area contributed by atoms with Crippen molar-refractivity contribution in [3.05, 3.63) is 132 Å². The van der Waals surface area contributed by atoms with Crippen LogP contribution in [0.5, 0.6) is 0 Å². The molecule has 202 valence electrons. The van der Waals surface area contributed by atoms with Gasteiger partial charge in [-0.2, -0.15) is 4.39 Å². The summed E-state index contributed by atoms with van der Waals surface area (Å²) in [5.74, 6) is 0.726. The summed E-state index contributed by atoms with van der Waals surface area (Å²) in [5, 5.41) is 8.39. The van der Waals surface area contributed by atoms with Gasteiger partial charge >= 0.3 is 0 Å². The van der Waals surface area contributed by atoms with E-state index in [9.17, 15) is 4.39 Å². The fourth-order valence-electron chi connectivity index (χ4n) is 5.49. The molecular weight excluding hydrogens is 513 g/mol. The standard InChI is InChI=1S/C33H28FN7/c1-35-31-28(38-30(23-9-5-3-6-10-23)24-11-7-4-8-12-24)15-14-27(26-13-16-29(34)36-21-26)32(31)41-19-17-25(18-20-41)33-39-37-22-40(33)2/h3-16,21-22,25H,17-20H2,2H3. The average Bonchev–Trinajstić information content (AvgIpc) is 3.46. The zero-order valence-corrected chi connectivity index (χ0v) is 22.7. The molecule has 0 N–H and O–H groups in total. The van der Waals surface area contributed by atoms with Crippen molar-refractivity contribution in [1.82, 2.24) is 19.7 Å². The number of benzene rings is 3. The van der Waals surface area contributed by atoms with Crippen molar-refractivity contribution in [1.29, 1.82) is 0 Å². The van der Waals surface area contributed by atoms with E-state index in [0.29, 0.717) is 11.4 Å². The molecule has 41 heavy (non-hydrogen) atoms. The van der Waals surface area contributed by atoms with Crippen molar-refractivity contribution in [2.24, 2.45) is 12.0 Å². The molecule has 6 rings (SSSR count). The normalized spacial score (nSPS) is 13.5. The molecule has 3 aromatic carbocycles. The molecule has 0 spiro atoms. The van der Waals surface area contributed by atoms with Gasteiger partial charge in [-0.1, -0.05) is 66.7 Å². The van der Waals surface area contributed by atoms with E-state index in [1.165, 1.54) is 12.3 Å². The van der Waals surface area contributed by atoms with E-state index >= 15 is 0 Å². The Hall–Kier alpha value is -5.16. The van der Waals surface area contributed by atoms with Gasteiger partial charge in [0.1, 0.15) is 12.2 Å². The molecule has 1 aliphatic rings. The summed E-state index contributed by atoms with van der Waals surface area (Å²) in [6.07, 6.45) is 5.00. The first kappa shape index (κ1) is 26.1. The highest BCUT2D eigenvalue weighted by molar-refractivity contribution is 6.14. The maximum Gasteiger partial charge on any atom is 0.235 e. The number of pyridine rings is 1. The lowest BCUT2D eigenvalue weighted by Gasteiger charge is -2.35.